The van der Waals surface area contributed by atoms with E-state index >= 15 is 0 Å². The number of nitrogens with zero attached hydrogens (tertiary/aromatic N) is 1. The predicted molar refractivity (Wildman–Crippen MR) is 81.3 cm³/mol. The van der Waals surface area contributed by atoms with Gasteiger partial charge in [-0.2, -0.15) is 0 Å². The van der Waals surface area contributed by atoms with Gasteiger partial charge in [-0.1, -0.05) is 18.2 Å². The molecule has 0 aliphatic carbocycles. The van der Waals surface area contributed by atoms with Crippen LogP contribution in [0.2, 0.25) is 0 Å². The lowest BCUT2D eigenvalue weighted by Gasteiger charge is -2.13. The molecule has 0 unspecified atom stereocenters. The fourth-order valence-electron chi connectivity index (χ4n) is 2.13. The molecule has 5 nitrogen and oxygen atoms in total. The number of methoxy groups -OCH3 is 1. The normalized spacial score (nSPS) is 10.7. The first-order chi connectivity index (χ1) is 10.0. The van der Waals surface area contributed by atoms with E-state index in [4.69, 9.17) is 15.2 Å². The van der Waals surface area contributed by atoms with E-state index in [1.165, 1.54) is 0 Å². The lowest BCUT2D eigenvalue weighted by molar-refractivity contribution is 0.0456. The quantitative estimate of drug-likeness (QED) is 0.859. The van der Waals surface area contributed by atoms with E-state index in [0.717, 1.165) is 5.56 Å². The molecule has 0 radical (unpaired) electrons. The molecule has 1 aromatic carbocycles. The smallest absolute Gasteiger partial charge is 0.355 e. The Morgan fingerprint density at radius 1 is 1.33 bits per heavy atom. The number of rotatable bonds is 5. The molecule has 0 amide bonds. The summed E-state index contributed by atoms with van der Waals surface area (Å²) in [5, 5.41) is 0. The molecule has 0 saturated heterocycles. The van der Waals surface area contributed by atoms with Crippen molar-refractivity contribution in [1.82, 2.24) is 4.57 Å². The third-order valence-corrected chi connectivity index (χ3v) is 3.19. The van der Waals surface area contributed by atoms with Gasteiger partial charge in [0.15, 0.2) is 0 Å². The standard InChI is InChI=1S/C16H20N2O3/c1-11(2)18-9-13(17)8-14(18)16(19)21-10-12-6-4-5-7-15(12)20-3/h4-9,11H,10,17H2,1-3H3. The molecule has 2 rings (SSSR count). The van der Waals surface area contributed by atoms with Gasteiger partial charge in [-0.05, 0) is 26.0 Å². The SMILES string of the molecule is COc1ccccc1COC(=O)c1cc(N)cn1C(C)C. The molecule has 5 heteroatoms. The summed E-state index contributed by atoms with van der Waals surface area (Å²) in [6.07, 6.45) is 1.74. The number of para-hydroxylation sites is 1. The lowest BCUT2D eigenvalue weighted by Crippen LogP contribution is -2.13. The van der Waals surface area contributed by atoms with Crippen LogP contribution in [-0.2, 0) is 11.3 Å². The number of nitrogen functional groups attached to an aromatic ring is 1. The molecule has 2 N–H and O–H groups in total. The first kappa shape index (κ1) is 15.0. The molecule has 2 aromatic rings. The van der Waals surface area contributed by atoms with E-state index in [1.54, 1.807) is 23.9 Å². The summed E-state index contributed by atoms with van der Waals surface area (Å²) < 4.78 is 12.4. The van der Waals surface area contributed by atoms with Gasteiger partial charge >= 0.3 is 5.97 Å². The van der Waals surface area contributed by atoms with Crippen LogP contribution in [0.5, 0.6) is 5.75 Å². The number of ether oxygens (including phenoxy) is 2. The largest absolute Gasteiger partial charge is 0.496 e. The Labute approximate surface area is 124 Å². The van der Waals surface area contributed by atoms with Crippen molar-refractivity contribution in [3.8, 4) is 5.75 Å². The van der Waals surface area contributed by atoms with Gasteiger partial charge in [-0.3, -0.25) is 0 Å². The molecule has 0 aliphatic heterocycles. The van der Waals surface area contributed by atoms with Gasteiger partial charge in [-0.15, -0.1) is 0 Å². The Morgan fingerprint density at radius 3 is 2.71 bits per heavy atom. The fraction of sp³-hybridized carbons (Fsp3) is 0.312. The van der Waals surface area contributed by atoms with E-state index in [0.29, 0.717) is 17.1 Å². The van der Waals surface area contributed by atoms with Crippen molar-refractivity contribution in [3.05, 3.63) is 47.8 Å². The molecule has 0 fully saturated rings. The molecule has 0 saturated carbocycles. The average molecular weight is 288 g/mol. The molecule has 1 aromatic heterocycles. The molecule has 0 atom stereocenters. The number of carbonyl (C=O) groups is 1. The highest BCUT2D eigenvalue weighted by Crippen LogP contribution is 2.21. The lowest BCUT2D eigenvalue weighted by atomic mass is 10.2. The highest BCUT2D eigenvalue weighted by Gasteiger charge is 2.16. The number of carbonyl (C=O) groups excluding carboxylic acids is 1. The zero-order valence-electron chi connectivity index (χ0n) is 12.5. The molecule has 1 heterocycles. The number of benzene rings is 1. The minimum atomic E-state index is -0.397. The number of hydrogen-bond acceptors (Lipinski definition) is 4. The van der Waals surface area contributed by atoms with Gasteiger partial charge in [0.25, 0.3) is 0 Å². The Bertz CT molecular complexity index is 632. The molecule has 21 heavy (non-hydrogen) atoms. The topological polar surface area (TPSA) is 66.5 Å². The Kier molecular flexibility index (Phi) is 4.52. The zero-order chi connectivity index (χ0) is 15.4. The van der Waals surface area contributed by atoms with Crippen molar-refractivity contribution in [2.75, 3.05) is 12.8 Å². The van der Waals surface area contributed by atoms with Crippen LogP contribution in [-0.4, -0.2) is 17.6 Å². The van der Waals surface area contributed by atoms with E-state index in [9.17, 15) is 4.79 Å². The highest BCUT2D eigenvalue weighted by atomic mass is 16.5. The third kappa shape index (κ3) is 3.37. The van der Waals surface area contributed by atoms with Crippen LogP contribution >= 0.6 is 0 Å². The third-order valence-electron chi connectivity index (χ3n) is 3.19. The van der Waals surface area contributed by atoms with E-state index in [1.807, 2.05) is 38.1 Å². The Morgan fingerprint density at radius 2 is 2.05 bits per heavy atom. The van der Waals surface area contributed by atoms with Crippen molar-refractivity contribution in [2.45, 2.75) is 26.5 Å². The van der Waals surface area contributed by atoms with Crippen LogP contribution < -0.4 is 10.5 Å². The molecule has 0 aliphatic rings. The number of hydrogen-bond donors (Lipinski definition) is 1. The number of esters is 1. The second-order valence-electron chi connectivity index (χ2n) is 5.05. The van der Waals surface area contributed by atoms with Crippen molar-refractivity contribution < 1.29 is 14.3 Å². The van der Waals surface area contributed by atoms with Crippen LogP contribution in [0.1, 0.15) is 35.9 Å². The van der Waals surface area contributed by atoms with Crippen molar-refractivity contribution in [1.29, 1.82) is 0 Å². The summed E-state index contributed by atoms with van der Waals surface area (Å²) in [7, 11) is 1.59. The van der Waals surface area contributed by atoms with Crippen LogP contribution in [0.3, 0.4) is 0 Å². The monoisotopic (exact) mass is 288 g/mol. The summed E-state index contributed by atoms with van der Waals surface area (Å²) in [5.41, 5.74) is 7.59. The van der Waals surface area contributed by atoms with Gasteiger partial charge in [0.2, 0.25) is 0 Å². The number of aromatic nitrogens is 1. The molecule has 112 valence electrons. The van der Waals surface area contributed by atoms with Gasteiger partial charge in [0.05, 0.1) is 12.8 Å². The maximum absolute atomic E-state index is 12.2. The van der Waals surface area contributed by atoms with E-state index in [2.05, 4.69) is 0 Å². The van der Waals surface area contributed by atoms with Crippen molar-refractivity contribution in [3.63, 3.8) is 0 Å². The maximum atomic E-state index is 12.2. The van der Waals surface area contributed by atoms with E-state index in [-0.39, 0.29) is 12.6 Å². The van der Waals surface area contributed by atoms with Gasteiger partial charge < -0.3 is 19.8 Å². The van der Waals surface area contributed by atoms with Gasteiger partial charge in [0, 0.05) is 17.8 Å². The number of anilines is 1. The summed E-state index contributed by atoms with van der Waals surface area (Å²) in [5.74, 6) is 0.301. The Balaban J connectivity index is 2.12. The molecular weight excluding hydrogens is 268 g/mol. The van der Waals surface area contributed by atoms with Crippen molar-refractivity contribution in [2.24, 2.45) is 0 Å². The molecule has 0 spiro atoms. The first-order valence-electron chi connectivity index (χ1n) is 6.79. The first-order valence-corrected chi connectivity index (χ1v) is 6.79. The second-order valence-corrected chi connectivity index (χ2v) is 5.05. The average Bonchev–Trinajstić information content (AvgIpc) is 2.87. The molecular formula is C16H20N2O3. The van der Waals surface area contributed by atoms with Crippen LogP contribution in [0.4, 0.5) is 5.69 Å². The van der Waals surface area contributed by atoms with Gasteiger partial charge in [0.1, 0.15) is 18.1 Å². The summed E-state index contributed by atoms with van der Waals surface area (Å²) in [4.78, 5) is 12.2. The highest BCUT2D eigenvalue weighted by molar-refractivity contribution is 5.89. The Hall–Kier alpha value is -2.43. The van der Waals surface area contributed by atoms with Crippen molar-refractivity contribution >= 4 is 11.7 Å². The maximum Gasteiger partial charge on any atom is 0.355 e. The van der Waals surface area contributed by atoms with E-state index < -0.39 is 5.97 Å². The second kappa shape index (κ2) is 6.35. The number of nitrogens with two attached hydrogens (primary N) is 1. The van der Waals surface area contributed by atoms with Gasteiger partial charge in [-0.25, -0.2) is 4.79 Å². The van der Waals surface area contributed by atoms with Crippen LogP contribution in [0, 0.1) is 0 Å². The van der Waals surface area contributed by atoms with Crippen LogP contribution in [0.25, 0.3) is 0 Å². The predicted octanol–water partition coefficient (Wildman–Crippen LogP) is 3.02. The zero-order valence-corrected chi connectivity index (χ0v) is 12.5. The molecule has 0 bridgehead atoms. The summed E-state index contributed by atoms with van der Waals surface area (Å²) >= 11 is 0. The van der Waals surface area contributed by atoms with Crippen LogP contribution in [0.15, 0.2) is 36.5 Å². The summed E-state index contributed by atoms with van der Waals surface area (Å²) in [6.45, 7) is 4.12. The minimum absolute atomic E-state index is 0.135. The summed E-state index contributed by atoms with van der Waals surface area (Å²) in [6, 6.07) is 9.20. The fourth-order valence-corrected chi connectivity index (χ4v) is 2.13. The minimum Gasteiger partial charge on any atom is -0.496 e.